The second-order valence-corrected chi connectivity index (χ2v) is 8.28. The van der Waals surface area contributed by atoms with E-state index < -0.39 is 6.04 Å². The molecule has 10 heteroatoms. The Bertz CT molecular complexity index is 561. The SMILES string of the molecule is CSC(=O)NCNCCCC[C@@H]1CCNCC(=O)CCC[C@@H](C(=O)CN)NCC1=O. The second kappa shape index (κ2) is 16.4. The number of carbonyl (C=O) groups excluding carboxylic acids is 4. The molecule has 0 radical (unpaired) electrons. The van der Waals surface area contributed by atoms with Crippen molar-refractivity contribution >= 4 is 34.4 Å². The topological polar surface area (TPSA) is 142 Å². The summed E-state index contributed by atoms with van der Waals surface area (Å²) in [6.45, 7) is 2.18. The molecule has 1 aliphatic rings. The first-order valence-corrected chi connectivity index (χ1v) is 11.9. The van der Waals surface area contributed by atoms with Crippen LogP contribution in [0.15, 0.2) is 0 Å². The molecular weight excluding hydrogens is 406 g/mol. The lowest BCUT2D eigenvalue weighted by molar-refractivity contribution is -0.123. The van der Waals surface area contributed by atoms with Crippen LogP contribution in [0.5, 0.6) is 0 Å². The van der Waals surface area contributed by atoms with Gasteiger partial charge in [-0.25, -0.2) is 0 Å². The van der Waals surface area contributed by atoms with E-state index in [0.29, 0.717) is 45.4 Å². The van der Waals surface area contributed by atoms with Crippen LogP contribution in [0.1, 0.15) is 44.9 Å². The Morgan fingerprint density at radius 3 is 2.73 bits per heavy atom. The van der Waals surface area contributed by atoms with Gasteiger partial charge in [0.15, 0.2) is 5.78 Å². The molecular formula is C20H37N5O4S. The fourth-order valence-corrected chi connectivity index (χ4v) is 3.60. The third-order valence-corrected chi connectivity index (χ3v) is 5.72. The molecule has 1 saturated heterocycles. The minimum Gasteiger partial charge on any atom is -0.334 e. The fraction of sp³-hybridized carbons (Fsp3) is 0.800. The van der Waals surface area contributed by atoms with E-state index in [1.165, 1.54) is 0 Å². The smallest absolute Gasteiger partial charge is 0.279 e. The number of rotatable bonds is 9. The maximum Gasteiger partial charge on any atom is 0.279 e. The van der Waals surface area contributed by atoms with E-state index in [9.17, 15) is 19.2 Å². The highest BCUT2D eigenvalue weighted by Gasteiger charge is 2.22. The van der Waals surface area contributed by atoms with Crippen molar-refractivity contribution in [1.82, 2.24) is 21.3 Å². The van der Waals surface area contributed by atoms with Crippen LogP contribution in [0.3, 0.4) is 0 Å². The van der Waals surface area contributed by atoms with Crippen LogP contribution in [0.4, 0.5) is 4.79 Å². The van der Waals surface area contributed by atoms with Crippen LogP contribution in [-0.2, 0) is 14.4 Å². The van der Waals surface area contributed by atoms with Gasteiger partial charge in [0.05, 0.1) is 32.3 Å². The predicted molar refractivity (Wildman–Crippen MR) is 119 cm³/mol. The molecule has 0 aromatic rings. The lowest BCUT2D eigenvalue weighted by Crippen LogP contribution is -2.43. The van der Waals surface area contributed by atoms with E-state index in [-0.39, 0.29) is 41.6 Å². The number of nitrogens with one attached hydrogen (secondary N) is 4. The Kier molecular flexibility index (Phi) is 14.6. The zero-order chi connectivity index (χ0) is 22.2. The number of Topliss-reactive ketones (excluding diaryl/α,β-unsaturated/α-hetero) is 3. The Labute approximate surface area is 183 Å². The summed E-state index contributed by atoms with van der Waals surface area (Å²) in [6, 6.07) is -0.471. The summed E-state index contributed by atoms with van der Waals surface area (Å²) in [5.41, 5.74) is 5.49. The lowest BCUT2D eigenvalue weighted by atomic mass is 9.93. The van der Waals surface area contributed by atoms with E-state index in [1.54, 1.807) is 6.26 Å². The van der Waals surface area contributed by atoms with Crippen LogP contribution in [0.2, 0.25) is 0 Å². The molecule has 0 aromatic heterocycles. The first-order valence-electron chi connectivity index (χ1n) is 10.7. The number of nitrogens with two attached hydrogens (primary N) is 1. The van der Waals surface area contributed by atoms with Crippen LogP contribution in [0.25, 0.3) is 0 Å². The molecule has 1 rings (SSSR count). The third-order valence-electron chi connectivity index (χ3n) is 5.21. The molecule has 0 aliphatic carbocycles. The summed E-state index contributed by atoms with van der Waals surface area (Å²) in [5.74, 6) is -0.0294. The van der Waals surface area contributed by atoms with Gasteiger partial charge in [0, 0.05) is 12.3 Å². The van der Waals surface area contributed by atoms with E-state index in [1.807, 2.05) is 0 Å². The fourth-order valence-electron chi connectivity index (χ4n) is 3.39. The van der Waals surface area contributed by atoms with E-state index in [0.717, 1.165) is 37.6 Å². The largest absolute Gasteiger partial charge is 0.334 e. The Morgan fingerprint density at radius 1 is 1.20 bits per heavy atom. The second-order valence-electron chi connectivity index (χ2n) is 7.50. The lowest BCUT2D eigenvalue weighted by Gasteiger charge is -2.19. The number of hydrogen-bond donors (Lipinski definition) is 5. The van der Waals surface area contributed by atoms with Gasteiger partial charge in [-0.3, -0.25) is 24.5 Å². The van der Waals surface area contributed by atoms with E-state index in [2.05, 4.69) is 21.3 Å². The van der Waals surface area contributed by atoms with Crippen molar-refractivity contribution in [2.24, 2.45) is 11.7 Å². The molecule has 1 aliphatic heterocycles. The molecule has 2 atom stereocenters. The maximum atomic E-state index is 12.7. The van der Waals surface area contributed by atoms with Gasteiger partial charge in [0.1, 0.15) is 11.6 Å². The van der Waals surface area contributed by atoms with Crippen molar-refractivity contribution in [3.63, 3.8) is 0 Å². The van der Waals surface area contributed by atoms with Gasteiger partial charge in [-0.15, -0.1) is 0 Å². The highest BCUT2D eigenvalue weighted by Crippen LogP contribution is 2.14. The van der Waals surface area contributed by atoms with Crippen LogP contribution in [0, 0.1) is 5.92 Å². The van der Waals surface area contributed by atoms with Crippen LogP contribution < -0.4 is 27.0 Å². The monoisotopic (exact) mass is 443 g/mol. The molecule has 0 saturated carbocycles. The number of hydrogen-bond acceptors (Lipinski definition) is 9. The summed E-state index contributed by atoms with van der Waals surface area (Å²) in [4.78, 5) is 47.9. The number of ketones is 3. The Balaban J connectivity index is 2.48. The normalized spacial score (nSPS) is 21.9. The van der Waals surface area contributed by atoms with Gasteiger partial charge in [0.2, 0.25) is 0 Å². The molecule has 1 heterocycles. The Hall–Kier alpha value is -1.33. The third kappa shape index (κ3) is 11.8. The number of carbonyl (C=O) groups is 4. The van der Waals surface area contributed by atoms with Gasteiger partial charge in [-0.2, -0.15) is 0 Å². The van der Waals surface area contributed by atoms with Gasteiger partial charge < -0.3 is 21.7 Å². The van der Waals surface area contributed by atoms with Crippen LogP contribution in [-0.4, -0.2) is 74.3 Å². The average molecular weight is 444 g/mol. The number of thioether (sulfide) groups is 1. The molecule has 0 spiro atoms. The average Bonchev–Trinajstić information content (AvgIpc) is 2.76. The van der Waals surface area contributed by atoms with Gasteiger partial charge >= 0.3 is 0 Å². The van der Waals surface area contributed by atoms with Crippen molar-refractivity contribution < 1.29 is 19.2 Å². The standard InChI is InChI=1S/C20H37N5O4S/c1-30-20(29)25-14-23-9-3-2-5-15-8-10-22-12-16(26)6-4-7-17(18(27)11-21)24-13-19(15)28/h15,17,22-24H,2-14,21H2,1H3,(H,25,29)/t15-,17+/m1/s1. The number of amides is 1. The minimum atomic E-state index is -0.471. The summed E-state index contributed by atoms with van der Waals surface area (Å²) in [7, 11) is 0. The zero-order valence-electron chi connectivity index (χ0n) is 18.0. The molecule has 30 heavy (non-hydrogen) atoms. The number of unbranched alkanes of at least 4 members (excludes halogenated alkanes) is 1. The highest BCUT2D eigenvalue weighted by molar-refractivity contribution is 8.12. The van der Waals surface area contributed by atoms with Crippen molar-refractivity contribution in [2.45, 2.75) is 51.0 Å². The highest BCUT2D eigenvalue weighted by atomic mass is 32.2. The predicted octanol–water partition coefficient (Wildman–Crippen LogP) is 0.180. The van der Waals surface area contributed by atoms with E-state index in [4.69, 9.17) is 5.73 Å². The quantitative estimate of drug-likeness (QED) is 0.249. The molecule has 0 unspecified atom stereocenters. The molecule has 9 nitrogen and oxygen atoms in total. The van der Waals surface area contributed by atoms with Gasteiger partial charge in [-0.1, -0.05) is 18.2 Å². The molecule has 1 fully saturated rings. The summed E-state index contributed by atoms with van der Waals surface area (Å²) < 4.78 is 0. The zero-order valence-corrected chi connectivity index (χ0v) is 18.8. The molecule has 1 amide bonds. The van der Waals surface area contributed by atoms with Crippen molar-refractivity contribution in [2.75, 3.05) is 45.6 Å². The maximum absolute atomic E-state index is 12.7. The van der Waals surface area contributed by atoms with Gasteiger partial charge in [-0.05, 0) is 51.4 Å². The molecule has 172 valence electrons. The molecule has 0 aromatic carbocycles. The Morgan fingerprint density at radius 2 is 2.00 bits per heavy atom. The van der Waals surface area contributed by atoms with Crippen molar-refractivity contribution in [1.29, 1.82) is 0 Å². The summed E-state index contributed by atoms with van der Waals surface area (Å²) >= 11 is 1.14. The van der Waals surface area contributed by atoms with E-state index >= 15 is 0 Å². The molecule has 6 N–H and O–H groups in total. The summed E-state index contributed by atoms with van der Waals surface area (Å²) in [6.07, 6.45) is 6.46. The van der Waals surface area contributed by atoms with Crippen molar-refractivity contribution in [3.05, 3.63) is 0 Å². The first kappa shape index (κ1) is 26.7. The molecule has 0 bridgehead atoms. The van der Waals surface area contributed by atoms with Crippen LogP contribution >= 0.6 is 11.8 Å². The van der Waals surface area contributed by atoms with Gasteiger partial charge in [0.25, 0.3) is 5.24 Å². The van der Waals surface area contributed by atoms with Crippen molar-refractivity contribution in [3.8, 4) is 0 Å². The minimum absolute atomic E-state index is 0.0676. The first-order chi connectivity index (χ1) is 14.5. The summed E-state index contributed by atoms with van der Waals surface area (Å²) in [5, 5.41) is 12.0.